The van der Waals surface area contributed by atoms with Gasteiger partial charge in [-0.2, -0.15) is 0 Å². The second-order valence-corrected chi connectivity index (χ2v) is 6.61. The lowest BCUT2D eigenvalue weighted by molar-refractivity contribution is -0.385. The number of nitro groups is 1. The molecule has 0 aromatic heterocycles. The summed E-state index contributed by atoms with van der Waals surface area (Å²) in [5.41, 5.74) is 0.971. The first-order valence-electron chi connectivity index (χ1n) is 8.08. The Morgan fingerprint density at radius 1 is 1.37 bits per heavy atom. The molecule has 0 radical (unpaired) electrons. The summed E-state index contributed by atoms with van der Waals surface area (Å²) >= 11 is 5.76. The van der Waals surface area contributed by atoms with Crippen molar-refractivity contribution in [1.82, 2.24) is 0 Å². The molecule has 0 aliphatic carbocycles. The molecular weight excluding hydrogens is 377 g/mol. The van der Waals surface area contributed by atoms with E-state index in [-0.39, 0.29) is 29.6 Å². The van der Waals surface area contributed by atoms with Crippen LogP contribution < -0.4 is 10.2 Å². The molecule has 9 heteroatoms. The number of benzene rings is 2. The predicted octanol–water partition coefficient (Wildman–Crippen LogP) is 3.69. The Balaban J connectivity index is 1.75. The molecule has 1 N–H and O–H groups in total. The number of nitrogens with one attached hydrogen (secondary N) is 1. The average molecular weight is 392 g/mol. The van der Waals surface area contributed by atoms with E-state index in [4.69, 9.17) is 11.6 Å². The van der Waals surface area contributed by atoms with Gasteiger partial charge in [0, 0.05) is 24.7 Å². The molecule has 2 aromatic rings. The standard InChI is InChI=1S/C18H15ClFN3O4/c1-10-15(3-2-4-16(10)23(26)27)21-18(25)11-7-17(24)22(9-11)12-5-6-14(20)13(19)8-12/h2-6,8,11H,7,9H2,1H3,(H,21,25). The maximum Gasteiger partial charge on any atom is 0.274 e. The first-order valence-corrected chi connectivity index (χ1v) is 8.46. The summed E-state index contributed by atoms with van der Waals surface area (Å²) in [6, 6.07) is 8.31. The molecule has 1 fully saturated rings. The van der Waals surface area contributed by atoms with E-state index in [0.29, 0.717) is 16.9 Å². The Hall–Kier alpha value is -3.00. The van der Waals surface area contributed by atoms with Gasteiger partial charge in [-0.25, -0.2) is 4.39 Å². The maximum absolute atomic E-state index is 13.3. The van der Waals surface area contributed by atoms with Crippen LogP contribution in [0.2, 0.25) is 5.02 Å². The second-order valence-electron chi connectivity index (χ2n) is 6.20. The van der Waals surface area contributed by atoms with Gasteiger partial charge in [-0.15, -0.1) is 0 Å². The highest BCUT2D eigenvalue weighted by atomic mass is 35.5. The zero-order valence-corrected chi connectivity index (χ0v) is 15.0. The molecular formula is C18H15ClFN3O4. The Morgan fingerprint density at radius 3 is 2.78 bits per heavy atom. The SMILES string of the molecule is Cc1c(NC(=O)C2CC(=O)N(c3ccc(F)c(Cl)c3)C2)cccc1[N+](=O)[O-]. The van der Waals surface area contributed by atoms with Crippen LogP contribution in [0, 0.1) is 28.8 Å². The lowest BCUT2D eigenvalue weighted by Crippen LogP contribution is -2.28. The minimum atomic E-state index is -0.639. The van der Waals surface area contributed by atoms with Crippen molar-refractivity contribution >= 4 is 40.5 Å². The Bertz CT molecular complexity index is 950. The molecule has 140 valence electrons. The van der Waals surface area contributed by atoms with Gasteiger partial charge in [0.15, 0.2) is 0 Å². The van der Waals surface area contributed by atoms with Gasteiger partial charge in [0.25, 0.3) is 5.69 Å². The van der Waals surface area contributed by atoms with Crippen molar-refractivity contribution in [2.75, 3.05) is 16.8 Å². The molecule has 1 unspecified atom stereocenters. The van der Waals surface area contributed by atoms with E-state index >= 15 is 0 Å². The summed E-state index contributed by atoms with van der Waals surface area (Å²) in [5, 5.41) is 13.6. The van der Waals surface area contributed by atoms with Crippen LogP contribution in [0.25, 0.3) is 0 Å². The van der Waals surface area contributed by atoms with Crippen molar-refractivity contribution in [2.24, 2.45) is 5.92 Å². The summed E-state index contributed by atoms with van der Waals surface area (Å²) in [6.45, 7) is 1.65. The summed E-state index contributed by atoms with van der Waals surface area (Å²) in [4.78, 5) is 36.7. The zero-order chi connectivity index (χ0) is 19.7. The van der Waals surface area contributed by atoms with Crippen LogP contribution in [-0.2, 0) is 9.59 Å². The van der Waals surface area contributed by atoms with Crippen LogP contribution in [0.5, 0.6) is 0 Å². The van der Waals surface area contributed by atoms with Crippen LogP contribution in [0.4, 0.5) is 21.5 Å². The van der Waals surface area contributed by atoms with E-state index in [1.54, 1.807) is 13.0 Å². The van der Waals surface area contributed by atoms with Gasteiger partial charge in [0.1, 0.15) is 5.82 Å². The molecule has 3 rings (SSSR count). The Morgan fingerprint density at radius 2 is 2.11 bits per heavy atom. The van der Waals surface area contributed by atoms with Gasteiger partial charge in [0.05, 0.1) is 27.1 Å². The summed E-state index contributed by atoms with van der Waals surface area (Å²) in [6.07, 6.45) is -0.0190. The van der Waals surface area contributed by atoms with Gasteiger partial charge in [-0.3, -0.25) is 19.7 Å². The first-order chi connectivity index (χ1) is 12.8. The smallest absolute Gasteiger partial charge is 0.274 e. The number of nitrogens with zero attached hydrogens (tertiary/aromatic N) is 2. The van der Waals surface area contributed by atoms with E-state index in [0.717, 1.165) is 6.07 Å². The molecule has 1 aliphatic heterocycles. The monoisotopic (exact) mass is 391 g/mol. The van der Waals surface area contributed by atoms with E-state index in [9.17, 15) is 24.1 Å². The van der Waals surface area contributed by atoms with Crippen LogP contribution in [0.3, 0.4) is 0 Å². The van der Waals surface area contributed by atoms with Crippen molar-refractivity contribution in [3.05, 3.63) is 62.9 Å². The van der Waals surface area contributed by atoms with Gasteiger partial charge in [-0.1, -0.05) is 17.7 Å². The van der Waals surface area contributed by atoms with Crippen LogP contribution in [-0.4, -0.2) is 23.3 Å². The van der Waals surface area contributed by atoms with E-state index < -0.39 is 22.6 Å². The number of hydrogen-bond acceptors (Lipinski definition) is 4. The normalized spacial score (nSPS) is 16.5. The zero-order valence-electron chi connectivity index (χ0n) is 14.2. The fraction of sp³-hybridized carbons (Fsp3) is 0.222. The highest BCUT2D eigenvalue weighted by Crippen LogP contribution is 2.30. The largest absolute Gasteiger partial charge is 0.325 e. The fourth-order valence-electron chi connectivity index (χ4n) is 2.98. The molecule has 0 saturated carbocycles. The summed E-state index contributed by atoms with van der Waals surface area (Å²) < 4.78 is 13.3. The molecule has 2 amide bonds. The highest BCUT2D eigenvalue weighted by molar-refractivity contribution is 6.31. The average Bonchev–Trinajstić information content (AvgIpc) is 3.01. The third-order valence-corrected chi connectivity index (χ3v) is 4.76. The van der Waals surface area contributed by atoms with Crippen molar-refractivity contribution in [3.63, 3.8) is 0 Å². The molecule has 1 atom stereocenters. The van der Waals surface area contributed by atoms with E-state index in [2.05, 4.69) is 5.32 Å². The Kier molecular flexibility index (Phi) is 5.09. The van der Waals surface area contributed by atoms with Gasteiger partial charge >= 0.3 is 0 Å². The van der Waals surface area contributed by atoms with Crippen molar-refractivity contribution in [2.45, 2.75) is 13.3 Å². The molecule has 1 saturated heterocycles. The number of halogens is 2. The number of rotatable bonds is 4. The van der Waals surface area contributed by atoms with Crippen molar-refractivity contribution in [1.29, 1.82) is 0 Å². The van der Waals surface area contributed by atoms with Crippen LogP contribution in [0.1, 0.15) is 12.0 Å². The maximum atomic E-state index is 13.3. The number of nitro benzene ring substituents is 1. The van der Waals surface area contributed by atoms with Gasteiger partial charge in [0.2, 0.25) is 11.8 Å². The molecule has 7 nitrogen and oxygen atoms in total. The van der Waals surface area contributed by atoms with Gasteiger partial charge in [-0.05, 0) is 31.2 Å². The topological polar surface area (TPSA) is 92.6 Å². The molecule has 1 aliphatic rings. The fourth-order valence-corrected chi connectivity index (χ4v) is 3.15. The molecule has 0 spiro atoms. The minimum absolute atomic E-state index is 0.0190. The molecule has 2 aromatic carbocycles. The van der Waals surface area contributed by atoms with E-state index in [1.807, 2.05) is 0 Å². The van der Waals surface area contributed by atoms with E-state index in [1.165, 1.54) is 29.2 Å². The van der Waals surface area contributed by atoms with Gasteiger partial charge < -0.3 is 10.2 Å². The van der Waals surface area contributed by atoms with Crippen molar-refractivity contribution < 1.29 is 18.9 Å². The lowest BCUT2D eigenvalue weighted by atomic mass is 10.1. The predicted molar refractivity (Wildman–Crippen MR) is 98.3 cm³/mol. The third-order valence-electron chi connectivity index (χ3n) is 4.47. The summed E-state index contributed by atoms with van der Waals surface area (Å²) in [7, 11) is 0. The molecule has 1 heterocycles. The highest BCUT2D eigenvalue weighted by Gasteiger charge is 2.35. The molecule has 27 heavy (non-hydrogen) atoms. The summed E-state index contributed by atoms with van der Waals surface area (Å²) in [5.74, 6) is -1.93. The number of hydrogen-bond donors (Lipinski definition) is 1. The minimum Gasteiger partial charge on any atom is -0.325 e. The van der Waals surface area contributed by atoms with Crippen molar-refractivity contribution in [3.8, 4) is 0 Å². The number of carbonyl (C=O) groups is 2. The van der Waals surface area contributed by atoms with Crippen LogP contribution in [0.15, 0.2) is 36.4 Å². The van der Waals surface area contributed by atoms with Crippen LogP contribution >= 0.6 is 11.6 Å². The number of carbonyl (C=O) groups excluding carboxylic acids is 2. The Labute approximate surface area is 158 Å². The lowest BCUT2D eigenvalue weighted by Gasteiger charge is -2.17. The number of amides is 2. The second kappa shape index (κ2) is 7.32. The number of anilines is 2. The third kappa shape index (κ3) is 3.75. The first kappa shape index (κ1) is 18.8. The molecule has 0 bridgehead atoms. The quantitative estimate of drug-likeness (QED) is 0.635.